The number of benzene rings is 2. The second-order valence-corrected chi connectivity index (χ2v) is 7.55. The largest absolute Gasteiger partial charge is 0.454 e. The van der Waals surface area contributed by atoms with Crippen LogP contribution >= 0.6 is 0 Å². The molecular formula is C23H22N6O2. The second-order valence-electron chi connectivity index (χ2n) is 7.55. The average Bonchev–Trinajstić information content (AvgIpc) is 3.16. The van der Waals surface area contributed by atoms with E-state index >= 15 is 0 Å². The van der Waals surface area contributed by atoms with Crippen molar-refractivity contribution in [1.82, 2.24) is 19.9 Å². The van der Waals surface area contributed by atoms with E-state index in [9.17, 15) is 4.79 Å². The molecule has 2 aromatic heterocycles. The predicted molar refractivity (Wildman–Crippen MR) is 118 cm³/mol. The number of rotatable bonds is 5. The van der Waals surface area contributed by atoms with Gasteiger partial charge >= 0.3 is 5.97 Å². The van der Waals surface area contributed by atoms with Gasteiger partial charge in [0.2, 0.25) is 11.9 Å². The number of para-hydroxylation sites is 1. The molecule has 8 nitrogen and oxygen atoms in total. The van der Waals surface area contributed by atoms with Crippen LogP contribution in [0.4, 0.5) is 17.6 Å². The molecule has 0 unspecified atom stereocenters. The van der Waals surface area contributed by atoms with Gasteiger partial charge in [-0.25, -0.2) is 4.79 Å². The Hall–Kier alpha value is -3.94. The number of hydrogen-bond acceptors (Lipinski definition) is 7. The molecule has 0 spiro atoms. The van der Waals surface area contributed by atoms with Gasteiger partial charge in [0.05, 0.1) is 5.56 Å². The summed E-state index contributed by atoms with van der Waals surface area (Å²) >= 11 is 0. The topological polar surface area (TPSA) is 119 Å². The summed E-state index contributed by atoms with van der Waals surface area (Å²) in [5, 5.41) is 4.16. The third-order valence-corrected chi connectivity index (χ3v) is 5.40. The summed E-state index contributed by atoms with van der Waals surface area (Å²) in [4.78, 5) is 28.6. The zero-order chi connectivity index (χ0) is 21.2. The van der Waals surface area contributed by atoms with Crippen LogP contribution in [0.1, 0.15) is 40.3 Å². The molecule has 156 valence electrons. The van der Waals surface area contributed by atoms with Crippen molar-refractivity contribution in [2.24, 2.45) is 0 Å². The summed E-state index contributed by atoms with van der Waals surface area (Å²) < 4.78 is 5.46. The molecule has 0 radical (unpaired) electrons. The number of carbonyl (C=O) groups is 1. The van der Waals surface area contributed by atoms with E-state index < -0.39 is 5.97 Å². The van der Waals surface area contributed by atoms with E-state index in [1.165, 1.54) is 24.1 Å². The van der Waals surface area contributed by atoms with Crippen LogP contribution in [-0.2, 0) is 24.2 Å². The Kier molecular flexibility index (Phi) is 4.95. The molecule has 0 atom stereocenters. The molecule has 8 heteroatoms. The Bertz CT molecular complexity index is 1250. The lowest BCUT2D eigenvalue weighted by molar-refractivity contribution is 0.0462. The van der Waals surface area contributed by atoms with E-state index in [1.54, 1.807) is 6.07 Å². The van der Waals surface area contributed by atoms with Gasteiger partial charge in [-0.15, -0.1) is 0 Å². The summed E-state index contributed by atoms with van der Waals surface area (Å²) in [7, 11) is 0. The van der Waals surface area contributed by atoms with Crippen molar-refractivity contribution in [3.8, 4) is 0 Å². The molecule has 4 N–H and O–H groups in total. The van der Waals surface area contributed by atoms with E-state index in [-0.39, 0.29) is 18.4 Å². The molecule has 1 aliphatic carbocycles. The number of aromatic amines is 1. The summed E-state index contributed by atoms with van der Waals surface area (Å²) in [5.41, 5.74) is 10.8. The molecule has 0 amide bonds. The molecule has 0 saturated carbocycles. The predicted octanol–water partition coefficient (Wildman–Crippen LogP) is 3.91. The number of fused-ring (bicyclic) bond motifs is 3. The van der Waals surface area contributed by atoms with E-state index in [0.29, 0.717) is 11.5 Å². The van der Waals surface area contributed by atoms with Crippen molar-refractivity contribution in [2.75, 3.05) is 11.1 Å². The van der Waals surface area contributed by atoms with Gasteiger partial charge in [0.15, 0.2) is 12.4 Å². The summed E-state index contributed by atoms with van der Waals surface area (Å²) in [5.74, 6) is 0.202. The summed E-state index contributed by atoms with van der Waals surface area (Å²) in [6.07, 6.45) is 4.47. The molecular weight excluding hydrogens is 392 g/mol. The average molecular weight is 414 g/mol. The third kappa shape index (κ3) is 4.05. The molecule has 0 aliphatic heterocycles. The first kappa shape index (κ1) is 19.0. The number of aromatic nitrogens is 4. The van der Waals surface area contributed by atoms with Crippen molar-refractivity contribution < 1.29 is 9.53 Å². The normalized spacial score (nSPS) is 13.0. The van der Waals surface area contributed by atoms with Crippen LogP contribution in [0.25, 0.3) is 10.9 Å². The second kappa shape index (κ2) is 8.06. The van der Waals surface area contributed by atoms with E-state index in [1.807, 2.05) is 42.5 Å². The Labute approximate surface area is 178 Å². The van der Waals surface area contributed by atoms with Crippen LogP contribution in [0, 0.1) is 0 Å². The number of H-pyrrole nitrogens is 1. The Morgan fingerprint density at radius 3 is 2.77 bits per heavy atom. The Balaban J connectivity index is 1.31. The maximum absolute atomic E-state index is 12.7. The Morgan fingerprint density at radius 1 is 1.06 bits per heavy atom. The lowest BCUT2D eigenvalue weighted by Crippen LogP contribution is -2.11. The molecule has 31 heavy (non-hydrogen) atoms. The molecule has 4 aromatic rings. The third-order valence-electron chi connectivity index (χ3n) is 5.40. The van der Waals surface area contributed by atoms with Gasteiger partial charge in [0, 0.05) is 22.3 Å². The van der Waals surface area contributed by atoms with Crippen molar-refractivity contribution in [3.05, 3.63) is 71.2 Å². The number of nitrogens with one attached hydrogen (secondary N) is 2. The smallest absolute Gasteiger partial charge is 0.338 e. The van der Waals surface area contributed by atoms with Gasteiger partial charge in [-0.1, -0.05) is 18.2 Å². The number of anilines is 3. The molecule has 0 fully saturated rings. The van der Waals surface area contributed by atoms with Crippen molar-refractivity contribution >= 4 is 34.5 Å². The van der Waals surface area contributed by atoms with Crippen molar-refractivity contribution in [1.29, 1.82) is 0 Å². The monoisotopic (exact) mass is 414 g/mol. The van der Waals surface area contributed by atoms with Crippen molar-refractivity contribution in [2.45, 2.75) is 32.3 Å². The first-order chi connectivity index (χ1) is 15.2. The first-order valence-electron chi connectivity index (χ1n) is 10.3. The minimum absolute atomic E-state index is 0.0554. The lowest BCUT2D eigenvalue weighted by Gasteiger charge is -2.10. The van der Waals surface area contributed by atoms with Gasteiger partial charge in [-0.3, -0.25) is 0 Å². The van der Waals surface area contributed by atoms with Crippen LogP contribution in [0.15, 0.2) is 48.5 Å². The fraction of sp³-hybridized carbons (Fsp3) is 0.217. The van der Waals surface area contributed by atoms with Gasteiger partial charge in [-0.2, -0.15) is 15.0 Å². The Morgan fingerprint density at radius 2 is 1.90 bits per heavy atom. The number of esters is 1. The van der Waals surface area contributed by atoms with Crippen LogP contribution in [0.5, 0.6) is 0 Å². The van der Waals surface area contributed by atoms with Crippen LogP contribution in [0.2, 0.25) is 0 Å². The van der Waals surface area contributed by atoms with Gasteiger partial charge in [-0.05, 0) is 61.6 Å². The highest BCUT2D eigenvalue weighted by Gasteiger charge is 2.17. The van der Waals surface area contributed by atoms with E-state index in [2.05, 4.69) is 25.3 Å². The minimum Gasteiger partial charge on any atom is -0.454 e. The highest BCUT2D eigenvalue weighted by molar-refractivity contribution is 5.96. The van der Waals surface area contributed by atoms with Crippen LogP contribution in [0.3, 0.4) is 0 Å². The number of nitrogen functional groups attached to an aromatic ring is 1. The van der Waals surface area contributed by atoms with Gasteiger partial charge in [0.25, 0.3) is 0 Å². The fourth-order valence-corrected chi connectivity index (χ4v) is 3.96. The lowest BCUT2D eigenvalue weighted by atomic mass is 9.95. The number of nitrogens with two attached hydrogens (primary N) is 1. The fourth-order valence-electron chi connectivity index (χ4n) is 3.96. The van der Waals surface area contributed by atoms with E-state index in [4.69, 9.17) is 10.5 Å². The minimum atomic E-state index is -0.427. The number of hydrogen-bond donors (Lipinski definition) is 3. The summed E-state index contributed by atoms with van der Waals surface area (Å²) in [6, 6.07) is 15.1. The summed E-state index contributed by atoms with van der Waals surface area (Å²) in [6.45, 7) is -0.0989. The number of aryl methyl sites for hydroxylation is 2. The van der Waals surface area contributed by atoms with Crippen LogP contribution in [-0.4, -0.2) is 25.9 Å². The number of carbonyl (C=O) groups excluding carboxylic acids is 1. The highest BCUT2D eigenvalue weighted by Crippen LogP contribution is 2.30. The van der Waals surface area contributed by atoms with E-state index in [0.717, 1.165) is 29.4 Å². The van der Waals surface area contributed by atoms with Crippen LogP contribution < -0.4 is 11.1 Å². The molecule has 2 heterocycles. The maximum atomic E-state index is 12.7. The number of nitrogens with zero attached hydrogens (tertiary/aromatic N) is 3. The SMILES string of the molecule is Nc1nc(COC(=O)c2ccc3[nH]c4c(c3c2)CCCC4)nc(Nc2ccccc2)n1. The van der Waals surface area contributed by atoms with Gasteiger partial charge in [0.1, 0.15) is 0 Å². The molecule has 1 aliphatic rings. The molecule has 0 saturated heterocycles. The molecule has 0 bridgehead atoms. The number of ether oxygens (including phenoxy) is 1. The standard InChI is InChI=1S/C23H22N6O2/c24-22-27-20(28-23(29-22)25-15-6-2-1-3-7-15)13-31-21(30)14-10-11-19-17(12-14)16-8-4-5-9-18(16)26-19/h1-3,6-7,10-12,26H,4-5,8-9,13H2,(H3,24,25,27,28,29). The molecule has 2 aromatic carbocycles. The maximum Gasteiger partial charge on any atom is 0.338 e. The first-order valence-corrected chi connectivity index (χ1v) is 10.3. The zero-order valence-corrected chi connectivity index (χ0v) is 16.9. The molecule has 5 rings (SSSR count). The van der Waals surface area contributed by atoms with Gasteiger partial charge < -0.3 is 20.8 Å². The highest BCUT2D eigenvalue weighted by atomic mass is 16.5. The van der Waals surface area contributed by atoms with Crippen molar-refractivity contribution in [3.63, 3.8) is 0 Å². The quantitative estimate of drug-likeness (QED) is 0.424. The zero-order valence-electron chi connectivity index (χ0n) is 16.9.